The van der Waals surface area contributed by atoms with Crippen molar-refractivity contribution >= 4 is 22.7 Å². The van der Waals surface area contributed by atoms with Gasteiger partial charge in [-0.15, -0.1) is 5.10 Å². The predicted molar refractivity (Wildman–Crippen MR) is 93.6 cm³/mol. The molecule has 6 nitrogen and oxygen atoms in total. The van der Waals surface area contributed by atoms with Crippen molar-refractivity contribution in [1.82, 2.24) is 20.2 Å². The number of aromatic amines is 1. The Morgan fingerprint density at radius 2 is 2.04 bits per heavy atom. The highest BCUT2D eigenvalue weighted by Crippen LogP contribution is 2.18. The second-order valence-electron chi connectivity index (χ2n) is 5.98. The summed E-state index contributed by atoms with van der Waals surface area (Å²) in [5.41, 5.74) is 2.45. The SMILES string of the molecule is CC(C)CNc1cnnc(NCCc2c[nH]c3ccccc23)n1. The molecule has 23 heavy (non-hydrogen) atoms. The van der Waals surface area contributed by atoms with Gasteiger partial charge in [-0.05, 0) is 24.0 Å². The van der Waals surface area contributed by atoms with Crippen molar-refractivity contribution in [3.8, 4) is 0 Å². The van der Waals surface area contributed by atoms with Crippen LogP contribution in [-0.4, -0.2) is 33.3 Å². The van der Waals surface area contributed by atoms with Crippen LogP contribution in [0.25, 0.3) is 10.9 Å². The topological polar surface area (TPSA) is 78.5 Å². The Kier molecular flexibility index (Phi) is 4.71. The van der Waals surface area contributed by atoms with Gasteiger partial charge in [-0.3, -0.25) is 0 Å². The molecule has 0 atom stereocenters. The van der Waals surface area contributed by atoms with E-state index in [1.807, 2.05) is 6.07 Å². The summed E-state index contributed by atoms with van der Waals surface area (Å²) in [5.74, 6) is 1.87. The van der Waals surface area contributed by atoms with Crippen LogP contribution in [0.5, 0.6) is 0 Å². The largest absolute Gasteiger partial charge is 0.368 e. The molecule has 6 heteroatoms. The molecule has 0 aliphatic rings. The number of para-hydroxylation sites is 1. The Morgan fingerprint density at radius 3 is 2.91 bits per heavy atom. The second-order valence-corrected chi connectivity index (χ2v) is 5.98. The Bertz CT molecular complexity index is 764. The van der Waals surface area contributed by atoms with E-state index in [0.717, 1.165) is 25.3 Å². The molecule has 0 radical (unpaired) electrons. The van der Waals surface area contributed by atoms with Gasteiger partial charge < -0.3 is 15.6 Å². The number of aromatic nitrogens is 4. The molecular formula is C17H22N6. The van der Waals surface area contributed by atoms with Crippen LogP contribution in [0.4, 0.5) is 11.8 Å². The van der Waals surface area contributed by atoms with Gasteiger partial charge in [-0.25, -0.2) is 0 Å². The third-order valence-corrected chi connectivity index (χ3v) is 3.60. The quantitative estimate of drug-likeness (QED) is 0.625. The first-order valence-electron chi connectivity index (χ1n) is 7.95. The summed E-state index contributed by atoms with van der Waals surface area (Å²) < 4.78 is 0. The zero-order chi connectivity index (χ0) is 16.1. The summed E-state index contributed by atoms with van der Waals surface area (Å²) >= 11 is 0. The molecule has 0 aliphatic carbocycles. The zero-order valence-corrected chi connectivity index (χ0v) is 13.5. The first kappa shape index (κ1) is 15.3. The van der Waals surface area contributed by atoms with Crippen molar-refractivity contribution in [3.63, 3.8) is 0 Å². The summed E-state index contributed by atoms with van der Waals surface area (Å²) in [6.07, 6.45) is 4.61. The van der Waals surface area contributed by atoms with Crippen LogP contribution in [-0.2, 0) is 6.42 Å². The third-order valence-electron chi connectivity index (χ3n) is 3.60. The van der Waals surface area contributed by atoms with Crippen LogP contribution in [0.1, 0.15) is 19.4 Å². The zero-order valence-electron chi connectivity index (χ0n) is 13.5. The number of nitrogens with one attached hydrogen (secondary N) is 3. The van der Waals surface area contributed by atoms with Crippen molar-refractivity contribution in [1.29, 1.82) is 0 Å². The van der Waals surface area contributed by atoms with E-state index < -0.39 is 0 Å². The number of benzene rings is 1. The van der Waals surface area contributed by atoms with Crippen molar-refractivity contribution < 1.29 is 0 Å². The smallest absolute Gasteiger partial charge is 0.244 e. The number of H-pyrrole nitrogens is 1. The average molecular weight is 310 g/mol. The van der Waals surface area contributed by atoms with E-state index in [0.29, 0.717) is 11.9 Å². The van der Waals surface area contributed by atoms with E-state index in [4.69, 9.17) is 0 Å². The minimum absolute atomic E-state index is 0.554. The van der Waals surface area contributed by atoms with Gasteiger partial charge in [-0.2, -0.15) is 10.1 Å². The van der Waals surface area contributed by atoms with E-state index >= 15 is 0 Å². The van der Waals surface area contributed by atoms with Crippen LogP contribution in [0.3, 0.4) is 0 Å². The van der Waals surface area contributed by atoms with Crippen LogP contribution in [0.15, 0.2) is 36.7 Å². The molecule has 0 bridgehead atoms. The standard InChI is InChI=1S/C17H22N6/c1-12(2)9-20-16-11-21-23-17(22-16)18-8-7-13-10-19-15-6-4-3-5-14(13)15/h3-6,10-12,19H,7-9H2,1-2H3,(H2,18,20,22,23). The summed E-state index contributed by atoms with van der Waals surface area (Å²) in [5, 5.41) is 15.8. The monoisotopic (exact) mass is 310 g/mol. The van der Waals surface area contributed by atoms with Crippen molar-refractivity contribution in [2.24, 2.45) is 5.92 Å². The first-order chi connectivity index (χ1) is 11.2. The third kappa shape index (κ3) is 3.97. The fraction of sp³-hybridized carbons (Fsp3) is 0.353. The van der Waals surface area contributed by atoms with Crippen LogP contribution in [0.2, 0.25) is 0 Å². The van der Waals surface area contributed by atoms with E-state index in [1.54, 1.807) is 6.20 Å². The maximum absolute atomic E-state index is 4.42. The Morgan fingerprint density at radius 1 is 1.17 bits per heavy atom. The lowest BCUT2D eigenvalue weighted by Gasteiger charge is -2.09. The molecule has 0 spiro atoms. The molecule has 2 aromatic heterocycles. The van der Waals surface area contributed by atoms with E-state index in [-0.39, 0.29) is 0 Å². The number of rotatable bonds is 7. The fourth-order valence-electron chi connectivity index (χ4n) is 2.42. The van der Waals surface area contributed by atoms with Gasteiger partial charge in [-0.1, -0.05) is 32.0 Å². The highest BCUT2D eigenvalue weighted by Gasteiger charge is 2.04. The van der Waals surface area contributed by atoms with Crippen molar-refractivity contribution in [2.45, 2.75) is 20.3 Å². The molecule has 3 aromatic rings. The van der Waals surface area contributed by atoms with Gasteiger partial charge in [0.25, 0.3) is 0 Å². The molecule has 0 aliphatic heterocycles. The van der Waals surface area contributed by atoms with Crippen LogP contribution in [0, 0.1) is 5.92 Å². The summed E-state index contributed by atoms with van der Waals surface area (Å²) in [4.78, 5) is 7.71. The van der Waals surface area contributed by atoms with E-state index in [1.165, 1.54) is 16.5 Å². The molecule has 0 saturated heterocycles. The predicted octanol–water partition coefficient (Wildman–Crippen LogP) is 3.08. The molecular weight excluding hydrogens is 288 g/mol. The highest BCUT2D eigenvalue weighted by molar-refractivity contribution is 5.83. The fourth-order valence-corrected chi connectivity index (χ4v) is 2.42. The number of hydrogen-bond acceptors (Lipinski definition) is 5. The number of fused-ring (bicyclic) bond motifs is 1. The molecule has 1 aromatic carbocycles. The number of hydrogen-bond donors (Lipinski definition) is 3. The van der Waals surface area contributed by atoms with Crippen LogP contribution >= 0.6 is 0 Å². The maximum atomic E-state index is 4.42. The summed E-state index contributed by atoms with van der Waals surface area (Å²) in [7, 11) is 0. The minimum Gasteiger partial charge on any atom is -0.368 e. The average Bonchev–Trinajstić information content (AvgIpc) is 2.97. The van der Waals surface area contributed by atoms with Crippen LogP contribution < -0.4 is 10.6 Å². The highest BCUT2D eigenvalue weighted by atomic mass is 15.3. The molecule has 2 heterocycles. The molecule has 3 N–H and O–H groups in total. The Labute approximate surface area is 135 Å². The van der Waals surface area contributed by atoms with Gasteiger partial charge in [0.1, 0.15) is 0 Å². The van der Waals surface area contributed by atoms with Crippen molar-refractivity contribution in [2.75, 3.05) is 23.7 Å². The van der Waals surface area contributed by atoms with Gasteiger partial charge in [0.05, 0.1) is 6.20 Å². The molecule has 120 valence electrons. The van der Waals surface area contributed by atoms with Gasteiger partial charge in [0.15, 0.2) is 5.82 Å². The number of nitrogens with zero attached hydrogens (tertiary/aromatic N) is 3. The lowest BCUT2D eigenvalue weighted by molar-refractivity contribution is 0.686. The maximum Gasteiger partial charge on any atom is 0.244 e. The summed E-state index contributed by atoms with van der Waals surface area (Å²) in [6, 6.07) is 8.32. The molecule has 0 saturated carbocycles. The lowest BCUT2D eigenvalue weighted by atomic mass is 10.1. The van der Waals surface area contributed by atoms with Crippen molar-refractivity contribution in [3.05, 3.63) is 42.2 Å². The normalized spacial score (nSPS) is 11.1. The minimum atomic E-state index is 0.554. The second kappa shape index (κ2) is 7.09. The van der Waals surface area contributed by atoms with E-state index in [2.05, 4.69) is 69.0 Å². The van der Waals surface area contributed by atoms with Gasteiger partial charge in [0.2, 0.25) is 5.95 Å². The molecule has 0 unspecified atom stereocenters. The molecule has 0 fully saturated rings. The van der Waals surface area contributed by atoms with Gasteiger partial charge >= 0.3 is 0 Å². The first-order valence-corrected chi connectivity index (χ1v) is 7.95. The lowest BCUT2D eigenvalue weighted by Crippen LogP contribution is -2.13. The Balaban J connectivity index is 1.57. The summed E-state index contributed by atoms with van der Waals surface area (Å²) in [6.45, 7) is 5.94. The van der Waals surface area contributed by atoms with E-state index in [9.17, 15) is 0 Å². The molecule has 0 amide bonds. The number of anilines is 2. The molecule has 3 rings (SSSR count). The van der Waals surface area contributed by atoms with Gasteiger partial charge in [0, 0.05) is 30.2 Å². The Hall–Kier alpha value is -2.63.